The highest BCUT2D eigenvalue weighted by molar-refractivity contribution is 5.88. The Morgan fingerprint density at radius 2 is 1.84 bits per heavy atom. The molecule has 0 aliphatic carbocycles. The van der Waals surface area contributed by atoms with Gasteiger partial charge in [-0.25, -0.2) is 4.79 Å². The van der Waals surface area contributed by atoms with Crippen molar-refractivity contribution in [3.8, 4) is 11.3 Å². The van der Waals surface area contributed by atoms with Gasteiger partial charge in [-0.15, -0.1) is 0 Å². The number of carboxylic acids is 1. The zero-order valence-corrected chi connectivity index (χ0v) is 10.8. The van der Waals surface area contributed by atoms with E-state index in [0.717, 1.165) is 11.1 Å². The smallest absolute Gasteiger partial charge is 0.341 e. The van der Waals surface area contributed by atoms with Gasteiger partial charge in [-0.05, 0) is 23.1 Å². The van der Waals surface area contributed by atoms with Gasteiger partial charge < -0.3 is 10.1 Å². The van der Waals surface area contributed by atoms with Crippen LogP contribution in [-0.2, 0) is 0 Å². The van der Waals surface area contributed by atoms with Crippen molar-refractivity contribution in [1.82, 2.24) is 4.98 Å². The van der Waals surface area contributed by atoms with E-state index in [1.807, 2.05) is 44.2 Å². The van der Waals surface area contributed by atoms with Crippen molar-refractivity contribution >= 4 is 5.97 Å². The summed E-state index contributed by atoms with van der Waals surface area (Å²) in [6.07, 6.45) is 0. The van der Waals surface area contributed by atoms with Crippen molar-refractivity contribution < 1.29 is 9.90 Å². The van der Waals surface area contributed by atoms with E-state index in [1.54, 1.807) is 0 Å². The lowest BCUT2D eigenvalue weighted by Crippen LogP contribution is -2.19. The van der Waals surface area contributed by atoms with Crippen LogP contribution >= 0.6 is 0 Å². The fourth-order valence-electron chi connectivity index (χ4n) is 2.00. The van der Waals surface area contributed by atoms with E-state index in [-0.39, 0.29) is 11.5 Å². The fourth-order valence-corrected chi connectivity index (χ4v) is 2.00. The third kappa shape index (κ3) is 2.57. The summed E-state index contributed by atoms with van der Waals surface area (Å²) in [6, 6.07) is 10.9. The number of aromatic nitrogens is 1. The molecule has 0 atom stereocenters. The molecule has 0 bridgehead atoms. The summed E-state index contributed by atoms with van der Waals surface area (Å²) in [5.41, 5.74) is 1.59. The molecule has 0 saturated heterocycles. The summed E-state index contributed by atoms with van der Waals surface area (Å²) in [5, 5.41) is 9.01. The Hall–Kier alpha value is -2.36. The number of benzene rings is 1. The molecular formula is C15H15NO3. The molecule has 4 nitrogen and oxygen atoms in total. The summed E-state index contributed by atoms with van der Waals surface area (Å²) in [7, 11) is 0. The van der Waals surface area contributed by atoms with Crippen molar-refractivity contribution in [3.63, 3.8) is 0 Å². The molecule has 19 heavy (non-hydrogen) atoms. The third-order valence-electron chi connectivity index (χ3n) is 2.99. The largest absolute Gasteiger partial charge is 0.477 e. The number of carboxylic acid groups (broad SMARTS) is 1. The molecule has 0 unspecified atom stereocenters. The number of nitrogens with one attached hydrogen (secondary N) is 1. The Morgan fingerprint density at radius 3 is 2.37 bits per heavy atom. The number of pyridine rings is 1. The predicted molar refractivity (Wildman–Crippen MR) is 73.5 cm³/mol. The summed E-state index contributed by atoms with van der Waals surface area (Å²) >= 11 is 0. The molecular weight excluding hydrogens is 242 g/mol. The van der Waals surface area contributed by atoms with E-state index in [0.29, 0.717) is 5.69 Å². The minimum Gasteiger partial charge on any atom is -0.477 e. The molecule has 1 heterocycles. The maximum absolute atomic E-state index is 11.8. The van der Waals surface area contributed by atoms with Crippen molar-refractivity contribution in [2.24, 2.45) is 0 Å². The monoisotopic (exact) mass is 257 g/mol. The summed E-state index contributed by atoms with van der Waals surface area (Å²) < 4.78 is 0. The molecule has 2 N–H and O–H groups in total. The van der Waals surface area contributed by atoms with Crippen LogP contribution < -0.4 is 5.56 Å². The Morgan fingerprint density at radius 1 is 1.21 bits per heavy atom. The number of hydrogen-bond acceptors (Lipinski definition) is 2. The zero-order chi connectivity index (χ0) is 14.0. The summed E-state index contributed by atoms with van der Waals surface area (Å²) in [4.78, 5) is 25.5. The van der Waals surface area contributed by atoms with Crippen LogP contribution in [0.15, 0.2) is 41.2 Å². The maximum Gasteiger partial charge on any atom is 0.341 e. The molecule has 2 rings (SSSR count). The molecule has 2 aromatic rings. The highest BCUT2D eigenvalue weighted by Gasteiger charge is 2.16. The van der Waals surface area contributed by atoms with Gasteiger partial charge >= 0.3 is 5.97 Å². The Balaban J connectivity index is 2.71. The molecule has 0 fully saturated rings. The van der Waals surface area contributed by atoms with Crippen LogP contribution in [0.3, 0.4) is 0 Å². The Kier molecular flexibility index (Phi) is 3.51. The van der Waals surface area contributed by atoms with E-state index < -0.39 is 11.5 Å². The second kappa shape index (κ2) is 5.10. The van der Waals surface area contributed by atoms with E-state index >= 15 is 0 Å². The number of aromatic amines is 1. The quantitative estimate of drug-likeness (QED) is 0.888. The minimum absolute atomic E-state index is 0.116. The van der Waals surface area contributed by atoms with E-state index in [9.17, 15) is 9.59 Å². The van der Waals surface area contributed by atoms with Crippen LogP contribution in [0.5, 0.6) is 0 Å². The molecule has 0 radical (unpaired) electrons. The van der Waals surface area contributed by atoms with Gasteiger partial charge in [0.25, 0.3) is 5.56 Å². The fraction of sp³-hybridized carbons (Fsp3) is 0.200. The molecule has 0 aliphatic heterocycles. The predicted octanol–water partition coefficient (Wildman–Crippen LogP) is 2.86. The Labute approximate surface area is 110 Å². The van der Waals surface area contributed by atoms with Crippen molar-refractivity contribution in [1.29, 1.82) is 0 Å². The molecule has 98 valence electrons. The van der Waals surface area contributed by atoms with E-state index in [4.69, 9.17) is 5.11 Å². The number of rotatable bonds is 3. The first-order chi connectivity index (χ1) is 9.00. The van der Waals surface area contributed by atoms with Gasteiger partial charge in [0.1, 0.15) is 5.56 Å². The highest BCUT2D eigenvalue weighted by atomic mass is 16.4. The average molecular weight is 257 g/mol. The second-order valence-electron chi connectivity index (χ2n) is 4.67. The normalized spacial score (nSPS) is 10.7. The summed E-state index contributed by atoms with van der Waals surface area (Å²) in [6.45, 7) is 3.93. The molecule has 0 spiro atoms. The lowest BCUT2D eigenvalue weighted by molar-refractivity contribution is 0.0695. The van der Waals surface area contributed by atoms with Gasteiger partial charge in [0.05, 0.1) is 5.69 Å². The van der Waals surface area contributed by atoms with E-state index in [2.05, 4.69) is 4.98 Å². The zero-order valence-electron chi connectivity index (χ0n) is 10.8. The SMILES string of the molecule is CC(C)c1cc(C(=O)O)c(=O)[nH]c1-c1ccccc1. The molecule has 0 saturated carbocycles. The number of H-pyrrole nitrogens is 1. The van der Waals surface area contributed by atoms with Gasteiger partial charge in [0.2, 0.25) is 0 Å². The van der Waals surface area contributed by atoms with Gasteiger partial charge in [-0.1, -0.05) is 44.2 Å². The number of hydrogen-bond donors (Lipinski definition) is 2. The summed E-state index contributed by atoms with van der Waals surface area (Å²) in [5.74, 6) is -1.09. The van der Waals surface area contributed by atoms with Crippen molar-refractivity contribution in [3.05, 3.63) is 57.9 Å². The third-order valence-corrected chi connectivity index (χ3v) is 2.99. The molecule has 0 aliphatic rings. The second-order valence-corrected chi connectivity index (χ2v) is 4.67. The Bertz CT molecular complexity index is 657. The van der Waals surface area contributed by atoms with Crippen LogP contribution in [0.1, 0.15) is 35.7 Å². The maximum atomic E-state index is 11.8. The topological polar surface area (TPSA) is 70.2 Å². The van der Waals surface area contributed by atoms with Crippen LogP contribution in [-0.4, -0.2) is 16.1 Å². The average Bonchev–Trinajstić information content (AvgIpc) is 2.38. The van der Waals surface area contributed by atoms with Crippen molar-refractivity contribution in [2.75, 3.05) is 0 Å². The highest BCUT2D eigenvalue weighted by Crippen LogP contribution is 2.26. The molecule has 4 heteroatoms. The molecule has 1 aromatic carbocycles. The van der Waals surface area contributed by atoms with Gasteiger partial charge in [0, 0.05) is 0 Å². The molecule has 0 amide bonds. The van der Waals surface area contributed by atoms with Crippen LogP contribution in [0.25, 0.3) is 11.3 Å². The van der Waals surface area contributed by atoms with Gasteiger partial charge in [0.15, 0.2) is 0 Å². The first-order valence-corrected chi connectivity index (χ1v) is 6.06. The van der Waals surface area contributed by atoms with Gasteiger partial charge in [-0.3, -0.25) is 4.79 Å². The number of aromatic carboxylic acids is 1. The number of carbonyl (C=O) groups is 1. The van der Waals surface area contributed by atoms with E-state index in [1.165, 1.54) is 6.07 Å². The van der Waals surface area contributed by atoms with Crippen LogP contribution in [0.2, 0.25) is 0 Å². The van der Waals surface area contributed by atoms with Crippen LogP contribution in [0, 0.1) is 0 Å². The van der Waals surface area contributed by atoms with Crippen LogP contribution in [0.4, 0.5) is 0 Å². The standard InChI is InChI=1S/C15H15NO3/c1-9(2)11-8-12(15(18)19)14(17)16-13(11)10-6-4-3-5-7-10/h3-9H,1-2H3,(H,16,17)(H,18,19). The molecule has 1 aromatic heterocycles. The van der Waals surface area contributed by atoms with Crippen molar-refractivity contribution in [2.45, 2.75) is 19.8 Å². The van der Waals surface area contributed by atoms with Gasteiger partial charge in [-0.2, -0.15) is 0 Å². The first kappa shape index (κ1) is 13.1. The first-order valence-electron chi connectivity index (χ1n) is 6.06. The minimum atomic E-state index is -1.21. The lowest BCUT2D eigenvalue weighted by Gasteiger charge is -2.13. The lowest BCUT2D eigenvalue weighted by atomic mass is 9.95.